The fourth-order valence-corrected chi connectivity index (χ4v) is 1.57. The smallest absolute Gasteiger partial charge is 0.150 e. The van der Waals surface area contributed by atoms with Gasteiger partial charge in [0.25, 0.3) is 0 Å². The first-order valence-corrected chi connectivity index (χ1v) is 5.23. The van der Waals surface area contributed by atoms with Crippen LogP contribution < -0.4 is 10.2 Å². The molecule has 0 radical (unpaired) electrons. The Morgan fingerprint density at radius 1 is 1.19 bits per heavy atom. The van der Waals surface area contributed by atoms with E-state index in [0.29, 0.717) is 0 Å². The number of nitrogens with one attached hydrogen (secondary N) is 1. The van der Waals surface area contributed by atoms with E-state index >= 15 is 0 Å². The molecule has 0 atom stereocenters. The standard InChI is InChI=1S/C12H16N4/c1-13-11-9-12(15(2)3)16(14-11)10-7-5-4-6-8-10/h4-9H,1-3H3,(H,13,14). The van der Waals surface area contributed by atoms with Crippen LogP contribution in [0.4, 0.5) is 11.6 Å². The fourth-order valence-electron chi connectivity index (χ4n) is 1.57. The maximum Gasteiger partial charge on any atom is 0.150 e. The Hall–Kier alpha value is -1.97. The van der Waals surface area contributed by atoms with E-state index in [9.17, 15) is 0 Å². The molecule has 2 aromatic rings. The second-order valence-electron chi connectivity index (χ2n) is 3.78. The van der Waals surface area contributed by atoms with E-state index < -0.39 is 0 Å². The van der Waals surface area contributed by atoms with Gasteiger partial charge in [-0.2, -0.15) is 0 Å². The molecular weight excluding hydrogens is 200 g/mol. The van der Waals surface area contributed by atoms with Gasteiger partial charge >= 0.3 is 0 Å². The Morgan fingerprint density at radius 3 is 2.44 bits per heavy atom. The first-order chi connectivity index (χ1) is 7.72. The molecular formula is C12H16N4. The summed E-state index contributed by atoms with van der Waals surface area (Å²) in [6.45, 7) is 0. The van der Waals surface area contributed by atoms with Gasteiger partial charge < -0.3 is 10.2 Å². The van der Waals surface area contributed by atoms with E-state index in [-0.39, 0.29) is 0 Å². The third kappa shape index (κ3) is 1.86. The topological polar surface area (TPSA) is 33.1 Å². The molecule has 0 amide bonds. The van der Waals surface area contributed by atoms with Crippen molar-refractivity contribution in [1.29, 1.82) is 0 Å². The minimum absolute atomic E-state index is 0.868. The molecule has 0 aliphatic rings. The van der Waals surface area contributed by atoms with Gasteiger partial charge in [-0.1, -0.05) is 18.2 Å². The molecule has 1 aromatic heterocycles. The van der Waals surface area contributed by atoms with Crippen LogP contribution in [-0.2, 0) is 0 Å². The lowest BCUT2D eigenvalue weighted by atomic mass is 10.3. The number of rotatable bonds is 3. The van der Waals surface area contributed by atoms with Crippen molar-refractivity contribution in [3.8, 4) is 5.69 Å². The zero-order valence-electron chi connectivity index (χ0n) is 9.81. The minimum atomic E-state index is 0.868. The Labute approximate surface area is 95.5 Å². The summed E-state index contributed by atoms with van der Waals surface area (Å²) in [5, 5.41) is 7.54. The van der Waals surface area contributed by atoms with Crippen LogP contribution in [0.25, 0.3) is 5.69 Å². The molecule has 0 bridgehead atoms. The molecule has 0 aliphatic heterocycles. The van der Waals surface area contributed by atoms with E-state index in [2.05, 4.69) is 10.4 Å². The monoisotopic (exact) mass is 216 g/mol. The van der Waals surface area contributed by atoms with Crippen molar-refractivity contribution in [3.63, 3.8) is 0 Å². The van der Waals surface area contributed by atoms with Crippen LogP contribution in [0.5, 0.6) is 0 Å². The number of hydrogen-bond donors (Lipinski definition) is 1. The molecule has 1 N–H and O–H groups in total. The van der Waals surface area contributed by atoms with Crippen LogP contribution in [0.15, 0.2) is 36.4 Å². The van der Waals surface area contributed by atoms with Gasteiger partial charge in [0.1, 0.15) is 11.6 Å². The van der Waals surface area contributed by atoms with Crippen molar-refractivity contribution in [2.24, 2.45) is 0 Å². The second-order valence-corrected chi connectivity index (χ2v) is 3.78. The van der Waals surface area contributed by atoms with E-state index in [1.807, 2.05) is 67.1 Å². The lowest BCUT2D eigenvalue weighted by Crippen LogP contribution is -2.13. The molecule has 0 spiro atoms. The highest BCUT2D eigenvalue weighted by Crippen LogP contribution is 2.21. The van der Waals surface area contributed by atoms with Gasteiger partial charge in [-0.05, 0) is 12.1 Å². The Bertz CT molecular complexity index is 459. The maximum absolute atomic E-state index is 4.48. The van der Waals surface area contributed by atoms with E-state index in [1.54, 1.807) is 0 Å². The summed E-state index contributed by atoms with van der Waals surface area (Å²) in [5.41, 5.74) is 1.06. The van der Waals surface area contributed by atoms with Gasteiger partial charge in [-0.25, -0.2) is 4.68 Å². The van der Waals surface area contributed by atoms with Gasteiger partial charge in [0.15, 0.2) is 0 Å². The minimum Gasteiger partial charge on any atom is -0.372 e. The van der Waals surface area contributed by atoms with Crippen molar-refractivity contribution in [2.45, 2.75) is 0 Å². The van der Waals surface area contributed by atoms with Gasteiger partial charge in [0.2, 0.25) is 0 Å². The highest BCUT2D eigenvalue weighted by Gasteiger charge is 2.09. The number of para-hydroxylation sites is 1. The molecule has 0 unspecified atom stereocenters. The molecule has 1 heterocycles. The summed E-state index contributed by atoms with van der Waals surface area (Å²) in [4.78, 5) is 2.04. The third-order valence-electron chi connectivity index (χ3n) is 2.41. The molecule has 2 rings (SSSR count). The quantitative estimate of drug-likeness (QED) is 0.851. The molecule has 0 saturated carbocycles. The summed E-state index contributed by atoms with van der Waals surface area (Å²) < 4.78 is 1.92. The normalized spacial score (nSPS) is 10.2. The lowest BCUT2D eigenvalue weighted by molar-refractivity contribution is 0.856. The molecule has 4 nitrogen and oxygen atoms in total. The number of nitrogens with zero attached hydrogens (tertiary/aromatic N) is 3. The van der Waals surface area contributed by atoms with Gasteiger partial charge in [-0.15, -0.1) is 5.10 Å². The predicted octanol–water partition coefficient (Wildman–Crippen LogP) is 1.98. The van der Waals surface area contributed by atoms with Gasteiger partial charge in [0, 0.05) is 27.2 Å². The average molecular weight is 216 g/mol. The highest BCUT2D eigenvalue weighted by atomic mass is 15.4. The Kier molecular flexibility index (Phi) is 2.81. The van der Waals surface area contributed by atoms with Crippen molar-refractivity contribution in [3.05, 3.63) is 36.4 Å². The van der Waals surface area contributed by atoms with Crippen LogP contribution in [0.2, 0.25) is 0 Å². The average Bonchev–Trinajstić information content (AvgIpc) is 2.74. The van der Waals surface area contributed by atoms with Crippen LogP contribution in [0.3, 0.4) is 0 Å². The second kappa shape index (κ2) is 4.26. The van der Waals surface area contributed by atoms with E-state index in [0.717, 1.165) is 17.3 Å². The molecule has 0 saturated heterocycles. The zero-order valence-corrected chi connectivity index (χ0v) is 9.81. The molecule has 1 aromatic carbocycles. The summed E-state index contributed by atoms with van der Waals surface area (Å²) in [6.07, 6.45) is 0. The first kappa shape index (κ1) is 10.5. The summed E-state index contributed by atoms with van der Waals surface area (Å²) in [7, 11) is 5.89. The number of anilines is 2. The third-order valence-corrected chi connectivity index (χ3v) is 2.41. The van der Waals surface area contributed by atoms with E-state index in [1.165, 1.54) is 0 Å². The number of aromatic nitrogens is 2. The summed E-state index contributed by atoms with van der Waals surface area (Å²) in [5.74, 6) is 1.92. The van der Waals surface area contributed by atoms with Crippen LogP contribution >= 0.6 is 0 Å². The molecule has 16 heavy (non-hydrogen) atoms. The van der Waals surface area contributed by atoms with Crippen LogP contribution in [-0.4, -0.2) is 30.9 Å². The predicted molar refractivity (Wildman–Crippen MR) is 67.4 cm³/mol. The first-order valence-electron chi connectivity index (χ1n) is 5.23. The molecule has 0 aliphatic carbocycles. The van der Waals surface area contributed by atoms with Gasteiger partial charge in [-0.3, -0.25) is 0 Å². The Morgan fingerprint density at radius 2 is 1.88 bits per heavy atom. The lowest BCUT2D eigenvalue weighted by Gasteiger charge is -2.13. The molecule has 4 heteroatoms. The largest absolute Gasteiger partial charge is 0.372 e. The Balaban J connectivity index is 2.51. The molecule has 84 valence electrons. The van der Waals surface area contributed by atoms with Crippen molar-refractivity contribution in [1.82, 2.24) is 9.78 Å². The van der Waals surface area contributed by atoms with Crippen molar-refractivity contribution in [2.75, 3.05) is 31.4 Å². The fraction of sp³-hybridized carbons (Fsp3) is 0.250. The van der Waals surface area contributed by atoms with Crippen molar-refractivity contribution < 1.29 is 0 Å². The number of hydrogen-bond acceptors (Lipinski definition) is 3. The summed E-state index contributed by atoms with van der Waals surface area (Å²) >= 11 is 0. The summed E-state index contributed by atoms with van der Waals surface area (Å²) in [6, 6.07) is 12.1. The van der Waals surface area contributed by atoms with Crippen LogP contribution in [0, 0.1) is 0 Å². The van der Waals surface area contributed by atoms with Crippen molar-refractivity contribution >= 4 is 11.6 Å². The SMILES string of the molecule is CNc1cc(N(C)C)n(-c2ccccc2)n1. The van der Waals surface area contributed by atoms with Crippen LogP contribution in [0.1, 0.15) is 0 Å². The van der Waals surface area contributed by atoms with Gasteiger partial charge in [0.05, 0.1) is 5.69 Å². The maximum atomic E-state index is 4.48. The molecule has 0 fully saturated rings. The zero-order chi connectivity index (χ0) is 11.5. The number of benzene rings is 1. The van der Waals surface area contributed by atoms with E-state index in [4.69, 9.17) is 0 Å². The highest BCUT2D eigenvalue weighted by molar-refractivity contribution is 5.54.